The van der Waals surface area contributed by atoms with E-state index < -0.39 is 0 Å². The van der Waals surface area contributed by atoms with Crippen molar-refractivity contribution in [2.45, 2.75) is 40.0 Å². The Morgan fingerprint density at radius 2 is 1.92 bits per heavy atom. The van der Waals surface area contributed by atoms with Crippen LogP contribution in [0.5, 0.6) is 0 Å². The highest BCUT2D eigenvalue weighted by Crippen LogP contribution is 2.63. The fourth-order valence-corrected chi connectivity index (χ4v) is 4.50. The first-order valence-electron chi connectivity index (χ1n) is 5.14. The van der Waals surface area contributed by atoms with E-state index in [1.807, 2.05) is 0 Å². The normalized spacial score (nSPS) is 47.0. The monoisotopic (exact) mass is 184 g/mol. The van der Waals surface area contributed by atoms with Crippen molar-refractivity contribution in [3.05, 3.63) is 0 Å². The van der Waals surface area contributed by atoms with Crippen LogP contribution in [0.4, 0.5) is 0 Å². The SMILES string of the molecule is CC(C)C1(C)CC2(CCSC2)C1. The molecule has 0 N–H and O–H groups in total. The molecule has 2 fully saturated rings. The zero-order valence-corrected chi connectivity index (χ0v) is 9.34. The third kappa shape index (κ3) is 1.21. The molecule has 1 spiro atoms. The van der Waals surface area contributed by atoms with Gasteiger partial charge in [-0.1, -0.05) is 20.8 Å². The highest BCUT2D eigenvalue weighted by atomic mass is 32.2. The molecule has 0 radical (unpaired) electrons. The van der Waals surface area contributed by atoms with Gasteiger partial charge in [0.05, 0.1) is 0 Å². The minimum absolute atomic E-state index is 0.685. The number of hydrogen-bond donors (Lipinski definition) is 0. The smallest absolute Gasteiger partial charge is 0.00101 e. The maximum atomic E-state index is 2.48. The van der Waals surface area contributed by atoms with Crippen molar-refractivity contribution in [2.75, 3.05) is 11.5 Å². The molecule has 1 saturated heterocycles. The Labute approximate surface area is 80.5 Å². The van der Waals surface area contributed by atoms with Crippen LogP contribution in [0.3, 0.4) is 0 Å². The highest BCUT2D eigenvalue weighted by molar-refractivity contribution is 7.99. The van der Waals surface area contributed by atoms with Gasteiger partial charge in [0.2, 0.25) is 0 Å². The molecule has 12 heavy (non-hydrogen) atoms. The van der Waals surface area contributed by atoms with Crippen LogP contribution in [0.1, 0.15) is 40.0 Å². The molecule has 0 aromatic rings. The first-order chi connectivity index (χ1) is 5.56. The summed E-state index contributed by atoms with van der Waals surface area (Å²) < 4.78 is 0. The number of hydrogen-bond acceptors (Lipinski definition) is 1. The quantitative estimate of drug-likeness (QED) is 0.600. The molecule has 1 aliphatic carbocycles. The molecule has 0 nitrogen and oxygen atoms in total. The molecule has 1 aliphatic heterocycles. The van der Waals surface area contributed by atoms with Gasteiger partial charge in [-0.25, -0.2) is 0 Å². The standard InChI is InChI=1S/C11H20S/c1-9(2)10(3)6-11(7-10)4-5-12-8-11/h9H,4-8H2,1-3H3. The lowest BCUT2D eigenvalue weighted by Crippen LogP contribution is -2.47. The van der Waals surface area contributed by atoms with Gasteiger partial charge in [-0.3, -0.25) is 0 Å². The van der Waals surface area contributed by atoms with Crippen LogP contribution < -0.4 is 0 Å². The van der Waals surface area contributed by atoms with E-state index in [4.69, 9.17) is 0 Å². The molecule has 1 heteroatoms. The molecule has 0 unspecified atom stereocenters. The van der Waals surface area contributed by atoms with Crippen molar-refractivity contribution >= 4 is 11.8 Å². The van der Waals surface area contributed by atoms with E-state index in [-0.39, 0.29) is 0 Å². The van der Waals surface area contributed by atoms with Gasteiger partial charge in [0.25, 0.3) is 0 Å². The van der Waals surface area contributed by atoms with E-state index >= 15 is 0 Å². The molecule has 0 amide bonds. The minimum Gasteiger partial charge on any atom is -0.161 e. The van der Waals surface area contributed by atoms with Gasteiger partial charge in [-0.2, -0.15) is 11.8 Å². The molecule has 2 aliphatic rings. The van der Waals surface area contributed by atoms with Crippen LogP contribution in [-0.2, 0) is 0 Å². The van der Waals surface area contributed by atoms with Crippen molar-refractivity contribution in [1.82, 2.24) is 0 Å². The fraction of sp³-hybridized carbons (Fsp3) is 1.00. The molecule has 1 saturated carbocycles. The lowest BCUT2D eigenvalue weighted by Gasteiger charge is -2.55. The maximum Gasteiger partial charge on any atom is -0.00101 e. The number of thioether (sulfide) groups is 1. The van der Waals surface area contributed by atoms with Crippen molar-refractivity contribution < 1.29 is 0 Å². The second-order valence-electron chi connectivity index (χ2n) is 5.46. The Bertz CT molecular complexity index is 167. The van der Waals surface area contributed by atoms with Crippen LogP contribution in [0, 0.1) is 16.7 Å². The fourth-order valence-electron chi connectivity index (χ4n) is 3.00. The molecule has 70 valence electrons. The van der Waals surface area contributed by atoms with Crippen LogP contribution >= 0.6 is 11.8 Å². The highest BCUT2D eigenvalue weighted by Gasteiger charge is 2.53. The molecule has 0 bridgehead atoms. The summed E-state index contributed by atoms with van der Waals surface area (Å²) in [6.45, 7) is 7.25. The summed E-state index contributed by atoms with van der Waals surface area (Å²) in [6, 6.07) is 0. The van der Waals surface area contributed by atoms with E-state index in [9.17, 15) is 0 Å². The summed E-state index contributed by atoms with van der Waals surface area (Å²) >= 11 is 2.17. The lowest BCUT2D eigenvalue weighted by atomic mass is 9.50. The molecular formula is C11H20S. The van der Waals surface area contributed by atoms with Gasteiger partial charge < -0.3 is 0 Å². The van der Waals surface area contributed by atoms with Crippen molar-refractivity contribution in [1.29, 1.82) is 0 Å². The summed E-state index contributed by atoms with van der Waals surface area (Å²) in [5.41, 5.74) is 1.48. The van der Waals surface area contributed by atoms with Crippen molar-refractivity contribution in [3.63, 3.8) is 0 Å². The van der Waals surface area contributed by atoms with Gasteiger partial charge in [0, 0.05) is 0 Å². The van der Waals surface area contributed by atoms with Crippen LogP contribution in [0.2, 0.25) is 0 Å². The average Bonchev–Trinajstić information content (AvgIpc) is 2.34. The summed E-state index contributed by atoms with van der Waals surface area (Å²) in [7, 11) is 0. The molecule has 1 heterocycles. The summed E-state index contributed by atoms with van der Waals surface area (Å²) in [4.78, 5) is 0. The first-order valence-corrected chi connectivity index (χ1v) is 6.30. The predicted molar refractivity (Wildman–Crippen MR) is 56.6 cm³/mol. The third-order valence-corrected chi connectivity index (χ3v) is 5.45. The van der Waals surface area contributed by atoms with Crippen molar-refractivity contribution in [2.24, 2.45) is 16.7 Å². The Hall–Kier alpha value is 0.350. The van der Waals surface area contributed by atoms with Crippen molar-refractivity contribution in [3.8, 4) is 0 Å². The predicted octanol–water partition coefficient (Wildman–Crippen LogP) is 3.57. The van der Waals surface area contributed by atoms with Crippen LogP contribution in [-0.4, -0.2) is 11.5 Å². The summed E-state index contributed by atoms with van der Waals surface area (Å²) in [6.07, 6.45) is 4.51. The Morgan fingerprint density at radius 1 is 1.25 bits per heavy atom. The topological polar surface area (TPSA) is 0 Å². The number of rotatable bonds is 1. The summed E-state index contributed by atoms with van der Waals surface area (Å²) in [5.74, 6) is 3.76. The van der Waals surface area contributed by atoms with Crippen LogP contribution in [0.15, 0.2) is 0 Å². The maximum absolute atomic E-state index is 2.48. The Kier molecular flexibility index (Phi) is 1.98. The zero-order chi connectivity index (χ0) is 8.82. The van der Waals surface area contributed by atoms with E-state index in [2.05, 4.69) is 32.5 Å². The molecular weight excluding hydrogens is 164 g/mol. The van der Waals surface area contributed by atoms with Gasteiger partial charge >= 0.3 is 0 Å². The molecule has 0 atom stereocenters. The van der Waals surface area contributed by atoms with E-state index in [1.165, 1.54) is 30.8 Å². The largest absolute Gasteiger partial charge is 0.161 e. The molecule has 0 aromatic heterocycles. The summed E-state index contributed by atoms with van der Waals surface area (Å²) in [5, 5.41) is 0. The zero-order valence-electron chi connectivity index (χ0n) is 8.52. The van der Waals surface area contributed by atoms with Gasteiger partial charge in [0.15, 0.2) is 0 Å². The molecule has 2 rings (SSSR count). The first kappa shape index (κ1) is 8.93. The van der Waals surface area contributed by atoms with Gasteiger partial charge in [-0.15, -0.1) is 0 Å². The Morgan fingerprint density at radius 3 is 2.33 bits per heavy atom. The third-order valence-electron chi connectivity index (χ3n) is 4.14. The van der Waals surface area contributed by atoms with Gasteiger partial charge in [0.1, 0.15) is 0 Å². The minimum atomic E-state index is 0.685. The van der Waals surface area contributed by atoms with Gasteiger partial charge in [-0.05, 0) is 47.5 Å². The van der Waals surface area contributed by atoms with E-state index in [0.29, 0.717) is 5.41 Å². The Balaban J connectivity index is 1.97. The molecule has 0 aromatic carbocycles. The van der Waals surface area contributed by atoms with Crippen LogP contribution in [0.25, 0.3) is 0 Å². The van der Waals surface area contributed by atoms with E-state index in [0.717, 1.165) is 11.3 Å². The second-order valence-corrected chi connectivity index (χ2v) is 6.57. The average molecular weight is 184 g/mol. The lowest BCUT2D eigenvalue weighted by molar-refractivity contribution is -0.0421. The van der Waals surface area contributed by atoms with E-state index in [1.54, 1.807) is 0 Å². The second kappa shape index (κ2) is 2.67.